The Kier molecular flexibility index (Phi) is 4.74. The number of amides is 2. The zero-order chi connectivity index (χ0) is 14.6. The molecule has 2 N–H and O–H groups in total. The van der Waals surface area contributed by atoms with E-state index in [2.05, 4.69) is 0 Å². The molecule has 0 heterocycles. The highest BCUT2D eigenvalue weighted by atomic mass is 19.3. The number of carboxylic acid groups (broad SMARTS) is 1. The number of hydrogen-bond acceptors (Lipinski definition) is 2. The van der Waals surface area contributed by atoms with Gasteiger partial charge in [-0.25, -0.2) is 22.8 Å². The molecule has 0 radical (unpaired) electrons. The first-order valence-corrected chi connectivity index (χ1v) is 5.15. The van der Waals surface area contributed by atoms with Gasteiger partial charge in [-0.1, -0.05) is 6.07 Å². The normalized spacial score (nSPS) is 10.4. The number of rotatable bonds is 4. The highest BCUT2D eigenvalue weighted by Crippen LogP contribution is 2.20. The van der Waals surface area contributed by atoms with Crippen molar-refractivity contribution in [1.82, 2.24) is 4.90 Å². The zero-order valence-corrected chi connectivity index (χ0v) is 9.86. The molecule has 0 aliphatic heterocycles. The molecule has 0 atom stereocenters. The van der Waals surface area contributed by atoms with Crippen LogP contribution in [0, 0.1) is 5.82 Å². The van der Waals surface area contributed by atoms with Crippen LogP contribution < -0.4 is 5.32 Å². The van der Waals surface area contributed by atoms with Crippen LogP contribution in [0.2, 0.25) is 0 Å². The molecule has 0 fully saturated rings. The van der Waals surface area contributed by atoms with Gasteiger partial charge in [-0.3, -0.25) is 0 Å². The maximum absolute atomic E-state index is 13.5. The van der Waals surface area contributed by atoms with Crippen LogP contribution in [0.25, 0.3) is 0 Å². The average Bonchev–Trinajstić information content (AvgIpc) is 2.30. The Morgan fingerprint density at radius 1 is 1.42 bits per heavy atom. The number of carbonyl (C=O) groups is 2. The molecular weight excluding hydrogens is 265 g/mol. The number of anilines is 1. The first kappa shape index (κ1) is 14.8. The lowest BCUT2D eigenvalue weighted by atomic mass is 10.1. The van der Waals surface area contributed by atoms with E-state index >= 15 is 0 Å². The summed E-state index contributed by atoms with van der Waals surface area (Å²) in [6.45, 7) is -0.845. The average molecular weight is 276 g/mol. The summed E-state index contributed by atoms with van der Waals surface area (Å²) in [6, 6.07) is 2.19. The maximum atomic E-state index is 13.5. The second kappa shape index (κ2) is 6.07. The van der Waals surface area contributed by atoms with Crippen LogP contribution in [0.3, 0.4) is 0 Å². The lowest BCUT2D eigenvalue weighted by molar-refractivity contribution is 0.0697. The van der Waals surface area contributed by atoms with Crippen molar-refractivity contribution < 1.29 is 27.9 Å². The SMILES string of the molecule is CN(CC(F)F)C(=O)Nc1c(F)cccc1C(=O)O. The van der Waals surface area contributed by atoms with Gasteiger partial charge in [0.05, 0.1) is 17.8 Å². The fraction of sp³-hybridized carbons (Fsp3) is 0.273. The molecule has 0 spiro atoms. The molecule has 5 nitrogen and oxygen atoms in total. The summed E-state index contributed by atoms with van der Waals surface area (Å²) in [7, 11) is 1.09. The quantitative estimate of drug-likeness (QED) is 0.886. The number of hydrogen-bond donors (Lipinski definition) is 2. The van der Waals surface area contributed by atoms with Crippen molar-refractivity contribution in [2.75, 3.05) is 18.9 Å². The molecule has 19 heavy (non-hydrogen) atoms. The van der Waals surface area contributed by atoms with E-state index in [1.807, 2.05) is 5.32 Å². The highest BCUT2D eigenvalue weighted by molar-refractivity contribution is 6.00. The van der Waals surface area contributed by atoms with Crippen LogP contribution in [0.1, 0.15) is 10.4 Å². The molecule has 104 valence electrons. The van der Waals surface area contributed by atoms with Crippen LogP contribution >= 0.6 is 0 Å². The fourth-order valence-corrected chi connectivity index (χ4v) is 1.32. The van der Waals surface area contributed by atoms with Crippen molar-refractivity contribution in [2.45, 2.75) is 6.43 Å². The van der Waals surface area contributed by atoms with Crippen LogP contribution in [0.5, 0.6) is 0 Å². The van der Waals surface area contributed by atoms with Gasteiger partial charge < -0.3 is 15.3 Å². The molecule has 0 saturated heterocycles. The van der Waals surface area contributed by atoms with E-state index in [0.717, 1.165) is 25.2 Å². The number of para-hydroxylation sites is 1. The van der Waals surface area contributed by atoms with Crippen molar-refractivity contribution in [3.8, 4) is 0 Å². The topological polar surface area (TPSA) is 69.6 Å². The summed E-state index contributed by atoms with van der Waals surface area (Å²) in [5.74, 6) is -2.40. The maximum Gasteiger partial charge on any atom is 0.337 e. The minimum absolute atomic E-state index is 0.459. The predicted octanol–water partition coefficient (Wildman–Crippen LogP) is 2.25. The third-order valence-electron chi connectivity index (χ3n) is 2.23. The molecule has 1 rings (SSSR count). The summed E-state index contributed by atoms with van der Waals surface area (Å²) >= 11 is 0. The molecule has 0 aliphatic rings. The standard InChI is InChI=1S/C11H11F3N2O3/c1-16(5-8(13)14)11(19)15-9-6(10(17)18)3-2-4-7(9)12/h2-4,8H,5H2,1H3,(H,15,19)(H,17,18). The van der Waals surface area contributed by atoms with Crippen molar-refractivity contribution >= 4 is 17.7 Å². The minimum atomic E-state index is -2.74. The van der Waals surface area contributed by atoms with E-state index in [0.29, 0.717) is 4.90 Å². The number of halogens is 3. The number of carbonyl (C=O) groups excluding carboxylic acids is 1. The second-order valence-electron chi connectivity index (χ2n) is 3.67. The molecule has 8 heteroatoms. The first-order valence-electron chi connectivity index (χ1n) is 5.15. The Morgan fingerprint density at radius 3 is 2.58 bits per heavy atom. The van der Waals surface area contributed by atoms with Gasteiger partial charge in [-0.2, -0.15) is 0 Å². The smallest absolute Gasteiger partial charge is 0.337 e. The number of aromatic carboxylic acids is 1. The Balaban J connectivity index is 2.93. The van der Waals surface area contributed by atoms with Gasteiger partial charge in [0.1, 0.15) is 5.82 Å². The van der Waals surface area contributed by atoms with Crippen LogP contribution in [-0.4, -0.2) is 42.0 Å². The van der Waals surface area contributed by atoms with Gasteiger partial charge in [-0.05, 0) is 12.1 Å². The number of benzene rings is 1. The van der Waals surface area contributed by atoms with Gasteiger partial charge in [0, 0.05) is 7.05 Å². The van der Waals surface area contributed by atoms with Gasteiger partial charge >= 0.3 is 12.0 Å². The monoisotopic (exact) mass is 276 g/mol. The van der Waals surface area contributed by atoms with E-state index in [-0.39, 0.29) is 0 Å². The second-order valence-corrected chi connectivity index (χ2v) is 3.67. The lowest BCUT2D eigenvalue weighted by Crippen LogP contribution is -2.35. The van der Waals surface area contributed by atoms with Crippen molar-refractivity contribution in [3.05, 3.63) is 29.6 Å². The third kappa shape index (κ3) is 3.87. The molecule has 0 aliphatic carbocycles. The molecule has 2 amide bonds. The number of nitrogens with zero attached hydrogens (tertiary/aromatic N) is 1. The summed E-state index contributed by atoms with van der Waals surface area (Å²) in [5, 5.41) is 10.8. The van der Waals surface area contributed by atoms with Gasteiger partial charge in [0.15, 0.2) is 0 Å². The van der Waals surface area contributed by atoms with Crippen LogP contribution in [-0.2, 0) is 0 Å². The lowest BCUT2D eigenvalue weighted by Gasteiger charge is -2.18. The van der Waals surface area contributed by atoms with Gasteiger partial charge in [0.25, 0.3) is 6.43 Å². The molecule has 1 aromatic rings. The van der Waals surface area contributed by atoms with Crippen molar-refractivity contribution in [1.29, 1.82) is 0 Å². The van der Waals surface area contributed by atoms with E-state index in [1.165, 1.54) is 0 Å². The molecular formula is C11H11F3N2O3. The minimum Gasteiger partial charge on any atom is -0.478 e. The molecule has 0 unspecified atom stereocenters. The largest absolute Gasteiger partial charge is 0.478 e. The van der Waals surface area contributed by atoms with E-state index in [4.69, 9.17) is 5.11 Å². The van der Waals surface area contributed by atoms with Crippen molar-refractivity contribution in [3.63, 3.8) is 0 Å². The number of urea groups is 1. The Hall–Kier alpha value is -2.25. The molecule has 0 saturated carbocycles. The first-order chi connectivity index (χ1) is 8.82. The third-order valence-corrected chi connectivity index (χ3v) is 2.23. The number of nitrogens with one attached hydrogen (secondary N) is 1. The number of alkyl halides is 2. The molecule has 0 aromatic heterocycles. The number of carboxylic acids is 1. The Labute approximate surface area is 106 Å². The van der Waals surface area contributed by atoms with Gasteiger partial charge in [-0.15, -0.1) is 0 Å². The Morgan fingerprint density at radius 2 is 2.05 bits per heavy atom. The van der Waals surface area contributed by atoms with E-state index in [9.17, 15) is 22.8 Å². The van der Waals surface area contributed by atoms with Crippen LogP contribution in [0.15, 0.2) is 18.2 Å². The predicted molar refractivity (Wildman–Crippen MR) is 61.0 cm³/mol. The summed E-state index contributed by atoms with van der Waals surface area (Å²) < 4.78 is 37.6. The van der Waals surface area contributed by atoms with Crippen molar-refractivity contribution in [2.24, 2.45) is 0 Å². The Bertz CT molecular complexity index is 494. The zero-order valence-electron chi connectivity index (χ0n) is 9.86. The summed E-state index contributed by atoms with van der Waals surface area (Å²) in [6.07, 6.45) is -2.74. The van der Waals surface area contributed by atoms with E-state index in [1.54, 1.807) is 0 Å². The van der Waals surface area contributed by atoms with Crippen LogP contribution in [0.4, 0.5) is 23.7 Å². The summed E-state index contributed by atoms with van der Waals surface area (Å²) in [4.78, 5) is 23.0. The highest BCUT2D eigenvalue weighted by Gasteiger charge is 2.19. The van der Waals surface area contributed by atoms with E-state index < -0.39 is 42.0 Å². The fourth-order valence-electron chi connectivity index (χ4n) is 1.32. The molecule has 0 bridgehead atoms. The summed E-state index contributed by atoms with van der Waals surface area (Å²) in [5.41, 5.74) is -1.01. The molecule has 1 aromatic carbocycles. The van der Waals surface area contributed by atoms with Gasteiger partial charge in [0.2, 0.25) is 0 Å².